The van der Waals surface area contributed by atoms with Crippen molar-refractivity contribution >= 4 is 11.6 Å². The van der Waals surface area contributed by atoms with Crippen molar-refractivity contribution in [2.24, 2.45) is 0 Å². The molecule has 0 saturated carbocycles. The Kier molecular flexibility index (Phi) is 6.17. The van der Waals surface area contributed by atoms with Crippen molar-refractivity contribution < 1.29 is 27.6 Å². The highest BCUT2D eigenvalue weighted by Gasteiger charge is 2.31. The lowest BCUT2D eigenvalue weighted by Crippen LogP contribution is -2.43. The molecule has 0 N–H and O–H groups in total. The Morgan fingerprint density at radius 1 is 1.21 bits per heavy atom. The summed E-state index contributed by atoms with van der Waals surface area (Å²) in [5, 5.41) is 10.8. The summed E-state index contributed by atoms with van der Waals surface area (Å²) < 4.78 is 43.8. The molecule has 29 heavy (non-hydrogen) atoms. The van der Waals surface area contributed by atoms with E-state index in [1.54, 1.807) is 17.0 Å². The number of amides is 1. The van der Waals surface area contributed by atoms with Crippen LogP contribution in [0.4, 0.5) is 18.9 Å². The fourth-order valence-electron chi connectivity index (χ4n) is 3.22. The third-order valence-corrected chi connectivity index (χ3v) is 4.73. The topological polar surface area (TPSA) is 72.7 Å². The second kappa shape index (κ2) is 8.60. The zero-order chi connectivity index (χ0) is 21.0. The minimum Gasteiger partial charge on any atom is -0.372 e. The minimum absolute atomic E-state index is 0.0196. The van der Waals surface area contributed by atoms with Crippen molar-refractivity contribution in [3.8, 4) is 0 Å². The highest BCUT2D eigenvalue weighted by Crippen LogP contribution is 2.29. The van der Waals surface area contributed by atoms with Crippen molar-refractivity contribution in [2.75, 3.05) is 13.1 Å². The van der Waals surface area contributed by atoms with Crippen LogP contribution in [0.5, 0.6) is 0 Å². The van der Waals surface area contributed by atoms with Gasteiger partial charge < -0.3 is 9.64 Å². The number of nitrogens with zero attached hydrogens (tertiary/aromatic N) is 2. The van der Waals surface area contributed by atoms with Crippen LogP contribution in [0.2, 0.25) is 0 Å². The largest absolute Gasteiger partial charge is 0.416 e. The van der Waals surface area contributed by atoms with Gasteiger partial charge in [-0.2, -0.15) is 13.2 Å². The van der Waals surface area contributed by atoms with Crippen LogP contribution in [0.15, 0.2) is 48.5 Å². The molecule has 9 heteroatoms. The number of hydrogen-bond donors (Lipinski definition) is 0. The van der Waals surface area contributed by atoms with Gasteiger partial charge in [0.05, 0.1) is 23.2 Å². The normalized spacial score (nSPS) is 17.2. The predicted octanol–water partition coefficient (Wildman–Crippen LogP) is 4.44. The molecule has 1 aliphatic rings. The Bertz CT molecular complexity index is 884. The van der Waals surface area contributed by atoms with Crippen LogP contribution in [-0.4, -0.2) is 34.9 Å². The number of benzene rings is 2. The average molecular weight is 408 g/mol. The summed E-state index contributed by atoms with van der Waals surface area (Å²) in [4.78, 5) is 24.5. The maximum absolute atomic E-state index is 12.7. The number of nitro benzene ring substituents is 1. The van der Waals surface area contributed by atoms with Gasteiger partial charge >= 0.3 is 6.18 Å². The van der Waals surface area contributed by atoms with Gasteiger partial charge in [-0.05, 0) is 42.7 Å². The quantitative estimate of drug-likeness (QED) is 0.542. The molecule has 1 saturated heterocycles. The Morgan fingerprint density at radius 2 is 1.93 bits per heavy atom. The van der Waals surface area contributed by atoms with Crippen LogP contribution in [0, 0.1) is 10.1 Å². The van der Waals surface area contributed by atoms with Crippen LogP contribution < -0.4 is 0 Å². The van der Waals surface area contributed by atoms with Crippen molar-refractivity contribution in [3.63, 3.8) is 0 Å². The standard InChI is InChI=1S/C20H19F3N2O4/c21-20(22,23)16-8-6-15(7-9-16)19(26)24-10-2-5-18(12-24)29-13-14-3-1-4-17(11-14)25(27)28/h1,3-4,6-9,11,18H,2,5,10,12-13H2/t18-/m0/s1. The number of piperidine rings is 1. The van der Waals surface area contributed by atoms with Gasteiger partial charge in [-0.1, -0.05) is 12.1 Å². The molecular weight excluding hydrogens is 389 g/mol. The molecule has 3 rings (SSSR count). The van der Waals surface area contributed by atoms with E-state index in [-0.39, 0.29) is 29.9 Å². The molecule has 1 fully saturated rings. The van der Waals surface area contributed by atoms with Crippen LogP contribution in [0.25, 0.3) is 0 Å². The van der Waals surface area contributed by atoms with Gasteiger partial charge in [-0.15, -0.1) is 0 Å². The van der Waals surface area contributed by atoms with Crippen LogP contribution in [0.3, 0.4) is 0 Å². The SMILES string of the molecule is O=C(c1ccc(C(F)(F)F)cc1)N1CCC[C@H](OCc2cccc([N+](=O)[O-])c2)C1. The van der Waals surface area contributed by atoms with Crippen molar-refractivity contribution in [1.29, 1.82) is 0 Å². The molecule has 0 bridgehead atoms. The second-order valence-corrected chi connectivity index (χ2v) is 6.83. The first-order chi connectivity index (χ1) is 13.7. The van der Waals surface area contributed by atoms with E-state index in [0.717, 1.165) is 18.6 Å². The molecule has 2 aromatic rings. The number of halogens is 3. The molecule has 0 radical (unpaired) electrons. The maximum atomic E-state index is 12.7. The summed E-state index contributed by atoms with van der Waals surface area (Å²) in [5.41, 5.74) is 0.0300. The lowest BCUT2D eigenvalue weighted by Gasteiger charge is -2.32. The molecule has 1 atom stereocenters. The molecule has 6 nitrogen and oxygen atoms in total. The predicted molar refractivity (Wildman–Crippen MR) is 98.3 cm³/mol. The first kappa shape index (κ1) is 20.8. The number of hydrogen-bond acceptors (Lipinski definition) is 4. The Balaban J connectivity index is 1.59. The fraction of sp³-hybridized carbons (Fsp3) is 0.350. The first-order valence-corrected chi connectivity index (χ1v) is 9.05. The van der Waals surface area contributed by atoms with E-state index in [2.05, 4.69) is 0 Å². The number of likely N-dealkylation sites (tertiary alicyclic amines) is 1. The van der Waals surface area contributed by atoms with Crippen LogP contribution in [-0.2, 0) is 17.5 Å². The average Bonchev–Trinajstić information content (AvgIpc) is 2.71. The molecule has 0 unspecified atom stereocenters. The van der Waals surface area contributed by atoms with Crippen LogP contribution >= 0.6 is 0 Å². The lowest BCUT2D eigenvalue weighted by atomic mass is 10.1. The maximum Gasteiger partial charge on any atom is 0.416 e. The summed E-state index contributed by atoms with van der Waals surface area (Å²) in [6, 6.07) is 10.3. The van der Waals surface area contributed by atoms with Crippen molar-refractivity contribution in [3.05, 3.63) is 75.3 Å². The van der Waals surface area contributed by atoms with Crippen molar-refractivity contribution in [2.45, 2.75) is 31.7 Å². The lowest BCUT2D eigenvalue weighted by molar-refractivity contribution is -0.385. The van der Waals surface area contributed by atoms with Gasteiger partial charge in [-0.25, -0.2) is 0 Å². The summed E-state index contributed by atoms with van der Waals surface area (Å²) in [6.07, 6.45) is -3.27. The van der Waals surface area contributed by atoms with E-state index in [1.165, 1.54) is 24.3 Å². The summed E-state index contributed by atoms with van der Waals surface area (Å²) in [6.45, 7) is 0.986. The minimum atomic E-state index is -4.45. The number of carbonyl (C=O) groups excluding carboxylic acids is 1. The molecule has 1 aliphatic heterocycles. The van der Waals surface area contributed by atoms with E-state index < -0.39 is 16.7 Å². The van der Waals surface area contributed by atoms with E-state index in [1.807, 2.05) is 0 Å². The summed E-state index contributed by atoms with van der Waals surface area (Å²) in [7, 11) is 0. The molecule has 2 aromatic carbocycles. The highest BCUT2D eigenvalue weighted by atomic mass is 19.4. The summed E-state index contributed by atoms with van der Waals surface area (Å²) in [5.74, 6) is -0.345. The molecule has 1 heterocycles. The third-order valence-electron chi connectivity index (χ3n) is 4.73. The van der Waals surface area contributed by atoms with E-state index in [9.17, 15) is 28.1 Å². The van der Waals surface area contributed by atoms with Crippen molar-refractivity contribution in [1.82, 2.24) is 4.90 Å². The van der Waals surface area contributed by atoms with E-state index >= 15 is 0 Å². The molecule has 154 valence electrons. The van der Waals surface area contributed by atoms with Gasteiger partial charge in [0, 0.05) is 30.8 Å². The molecular formula is C20H19F3N2O4. The molecule has 0 aliphatic carbocycles. The van der Waals surface area contributed by atoms with Gasteiger partial charge in [0.15, 0.2) is 0 Å². The number of nitro groups is 1. The number of ether oxygens (including phenoxy) is 1. The number of non-ortho nitro benzene ring substituents is 1. The Hall–Kier alpha value is -2.94. The monoisotopic (exact) mass is 408 g/mol. The zero-order valence-corrected chi connectivity index (χ0v) is 15.4. The Morgan fingerprint density at radius 3 is 2.59 bits per heavy atom. The summed E-state index contributed by atoms with van der Waals surface area (Å²) >= 11 is 0. The van der Waals surface area contributed by atoms with Crippen LogP contribution in [0.1, 0.15) is 34.3 Å². The smallest absolute Gasteiger partial charge is 0.372 e. The number of rotatable bonds is 5. The van der Waals surface area contributed by atoms with Gasteiger partial charge in [0.1, 0.15) is 0 Å². The van der Waals surface area contributed by atoms with Gasteiger partial charge in [-0.3, -0.25) is 14.9 Å². The van der Waals surface area contributed by atoms with E-state index in [0.29, 0.717) is 25.1 Å². The zero-order valence-electron chi connectivity index (χ0n) is 15.4. The second-order valence-electron chi connectivity index (χ2n) is 6.83. The molecule has 0 aromatic heterocycles. The number of alkyl halides is 3. The van der Waals surface area contributed by atoms with Gasteiger partial charge in [0.25, 0.3) is 11.6 Å². The molecule has 1 amide bonds. The first-order valence-electron chi connectivity index (χ1n) is 9.05. The third kappa shape index (κ3) is 5.32. The van der Waals surface area contributed by atoms with Gasteiger partial charge in [0.2, 0.25) is 0 Å². The number of carbonyl (C=O) groups is 1. The highest BCUT2D eigenvalue weighted by molar-refractivity contribution is 5.94. The molecule has 0 spiro atoms. The van der Waals surface area contributed by atoms with E-state index in [4.69, 9.17) is 4.74 Å². The Labute approximate surface area is 165 Å². The fourth-order valence-corrected chi connectivity index (χ4v) is 3.22.